The summed E-state index contributed by atoms with van der Waals surface area (Å²) in [7, 11) is -3.65. The van der Waals surface area contributed by atoms with Gasteiger partial charge in [-0.3, -0.25) is 0 Å². The van der Waals surface area contributed by atoms with Crippen LogP contribution in [0.2, 0.25) is 0 Å². The van der Waals surface area contributed by atoms with Crippen LogP contribution in [0.15, 0.2) is 17.0 Å². The number of sulfonamides is 1. The van der Waals surface area contributed by atoms with E-state index in [1.54, 1.807) is 26.0 Å². The van der Waals surface area contributed by atoms with E-state index in [-0.39, 0.29) is 4.90 Å². The Hall–Kier alpha value is -1.07. The molecular weight excluding hydrogens is 214 g/mol. The van der Waals surface area contributed by atoms with Crippen LogP contribution in [0, 0.1) is 13.8 Å². The molecular formula is C10H15NO3S. The monoisotopic (exact) mass is 229 g/mol. The van der Waals surface area contributed by atoms with Crippen molar-refractivity contribution in [2.45, 2.75) is 25.7 Å². The molecule has 0 aliphatic heterocycles. The minimum absolute atomic E-state index is 0.186. The Morgan fingerprint density at radius 2 is 1.73 bits per heavy atom. The van der Waals surface area contributed by atoms with Crippen molar-refractivity contribution in [3.8, 4) is 5.75 Å². The zero-order chi connectivity index (χ0) is 11.6. The molecule has 1 aromatic carbocycles. The van der Waals surface area contributed by atoms with Gasteiger partial charge in [-0.15, -0.1) is 0 Å². The van der Waals surface area contributed by atoms with Crippen molar-refractivity contribution in [3.05, 3.63) is 23.3 Å². The van der Waals surface area contributed by atoms with Crippen LogP contribution in [0.25, 0.3) is 0 Å². The summed E-state index contributed by atoms with van der Waals surface area (Å²) in [5, 5.41) is 5.11. The summed E-state index contributed by atoms with van der Waals surface area (Å²) in [6.45, 7) is 5.83. The highest BCUT2D eigenvalue weighted by Crippen LogP contribution is 2.24. The smallest absolute Gasteiger partial charge is 0.238 e. The largest absolute Gasteiger partial charge is 0.494 e. The van der Waals surface area contributed by atoms with Crippen LogP contribution < -0.4 is 9.88 Å². The van der Waals surface area contributed by atoms with Crippen LogP contribution in [0.3, 0.4) is 0 Å². The van der Waals surface area contributed by atoms with E-state index in [1.165, 1.54) is 0 Å². The zero-order valence-electron chi connectivity index (χ0n) is 9.07. The van der Waals surface area contributed by atoms with Gasteiger partial charge in [0.15, 0.2) is 0 Å². The average molecular weight is 229 g/mol. The Bertz CT molecular complexity index is 443. The van der Waals surface area contributed by atoms with Gasteiger partial charge in [-0.2, -0.15) is 0 Å². The van der Waals surface area contributed by atoms with Crippen molar-refractivity contribution in [1.29, 1.82) is 0 Å². The normalized spacial score (nSPS) is 11.5. The van der Waals surface area contributed by atoms with Crippen LogP contribution in [0.1, 0.15) is 18.1 Å². The van der Waals surface area contributed by atoms with Crippen LogP contribution >= 0.6 is 0 Å². The first-order valence-corrected chi connectivity index (χ1v) is 6.17. The Kier molecular flexibility index (Phi) is 3.36. The SMILES string of the molecule is CCOc1cc(C)c(S(N)(=O)=O)c(C)c1. The maximum Gasteiger partial charge on any atom is 0.238 e. The van der Waals surface area contributed by atoms with Crippen molar-refractivity contribution >= 4 is 10.0 Å². The molecule has 0 saturated carbocycles. The lowest BCUT2D eigenvalue weighted by atomic mass is 10.1. The lowest BCUT2D eigenvalue weighted by Crippen LogP contribution is -2.15. The topological polar surface area (TPSA) is 69.4 Å². The fraction of sp³-hybridized carbons (Fsp3) is 0.400. The van der Waals surface area contributed by atoms with Gasteiger partial charge >= 0.3 is 0 Å². The third kappa shape index (κ3) is 2.70. The highest BCUT2D eigenvalue weighted by Gasteiger charge is 2.15. The second-order valence-electron chi connectivity index (χ2n) is 3.36. The molecule has 0 aliphatic carbocycles. The predicted octanol–water partition coefficient (Wildman–Crippen LogP) is 1.35. The van der Waals surface area contributed by atoms with Crippen LogP contribution in [-0.4, -0.2) is 15.0 Å². The number of benzene rings is 1. The summed E-state index contributed by atoms with van der Waals surface area (Å²) in [6, 6.07) is 3.35. The number of rotatable bonds is 3. The van der Waals surface area contributed by atoms with Crippen LogP contribution in [-0.2, 0) is 10.0 Å². The molecule has 15 heavy (non-hydrogen) atoms. The molecule has 84 valence electrons. The Labute approximate surface area is 90.1 Å². The van der Waals surface area contributed by atoms with E-state index < -0.39 is 10.0 Å². The van der Waals surface area contributed by atoms with Gasteiger partial charge in [0.25, 0.3) is 0 Å². The third-order valence-electron chi connectivity index (χ3n) is 2.03. The number of nitrogens with two attached hydrogens (primary N) is 1. The first-order chi connectivity index (χ1) is 6.86. The Morgan fingerprint density at radius 1 is 1.27 bits per heavy atom. The Balaban J connectivity index is 3.34. The highest BCUT2D eigenvalue weighted by atomic mass is 32.2. The van der Waals surface area contributed by atoms with E-state index in [2.05, 4.69) is 0 Å². The van der Waals surface area contributed by atoms with Gasteiger partial charge in [-0.25, -0.2) is 13.6 Å². The number of hydrogen-bond acceptors (Lipinski definition) is 3. The van der Waals surface area contributed by atoms with Crippen molar-refractivity contribution in [1.82, 2.24) is 0 Å². The van der Waals surface area contributed by atoms with Crippen molar-refractivity contribution in [2.24, 2.45) is 5.14 Å². The standard InChI is InChI=1S/C10H15NO3S/c1-4-14-9-5-7(2)10(8(3)6-9)15(11,12)13/h5-6H,4H2,1-3H3,(H2,11,12,13). The number of primary sulfonamides is 1. The Morgan fingerprint density at radius 3 is 2.07 bits per heavy atom. The van der Waals surface area contributed by atoms with Crippen molar-refractivity contribution in [3.63, 3.8) is 0 Å². The van der Waals surface area contributed by atoms with Gasteiger partial charge in [0.1, 0.15) is 5.75 Å². The molecule has 0 saturated heterocycles. The summed E-state index contributed by atoms with van der Waals surface area (Å²) in [5.74, 6) is 0.667. The molecule has 2 N–H and O–H groups in total. The van der Waals surface area contributed by atoms with Gasteiger partial charge < -0.3 is 4.74 Å². The van der Waals surface area contributed by atoms with Crippen LogP contribution in [0.4, 0.5) is 0 Å². The molecule has 0 spiro atoms. The quantitative estimate of drug-likeness (QED) is 0.850. The molecule has 0 aliphatic rings. The minimum atomic E-state index is -3.65. The lowest BCUT2D eigenvalue weighted by molar-refractivity contribution is 0.339. The van der Waals surface area contributed by atoms with Gasteiger partial charge in [-0.05, 0) is 44.0 Å². The van der Waals surface area contributed by atoms with Crippen molar-refractivity contribution in [2.75, 3.05) is 6.61 Å². The molecule has 4 nitrogen and oxygen atoms in total. The minimum Gasteiger partial charge on any atom is -0.494 e. The number of ether oxygens (including phenoxy) is 1. The lowest BCUT2D eigenvalue weighted by Gasteiger charge is -2.10. The molecule has 0 heterocycles. The molecule has 1 rings (SSSR count). The van der Waals surface area contributed by atoms with E-state index in [4.69, 9.17) is 9.88 Å². The zero-order valence-corrected chi connectivity index (χ0v) is 9.89. The van der Waals surface area contributed by atoms with Gasteiger partial charge in [0, 0.05) is 0 Å². The van der Waals surface area contributed by atoms with E-state index in [1.807, 2.05) is 6.92 Å². The molecule has 1 aromatic rings. The predicted molar refractivity (Wildman–Crippen MR) is 58.5 cm³/mol. The van der Waals surface area contributed by atoms with Crippen LogP contribution in [0.5, 0.6) is 5.75 Å². The van der Waals surface area contributed by atoms with E-state index in [0.717, 1.165) is 0 Å². The molecule has 0 aromatic heterocycles. The molecule has 0 fully saturated rings. The summed E-state index contributed by atoms with van der Waals surface area (Å²) < 4.78 is 27.9. The first-order valence-electron chi connectivity index (χ1n) is 4.63. The summed E-state index contributed by atoms with van der Waals surface area (Å²) in [6.07, 6.45) is 0. The van der Waals surface area contributed by atoms with E-state index in [0.29, 0.717) is 23.5 Å². The summed E-state index contributed by atoms with van der Waals surface area (Å²) in [5.41, 5.74) is 1.22. The summed E-state index contributed by atoms with van der Waals surface area (Å²) >= 11 is 0. The maximum atomic E-state index is 11.3. The van der Waals surface area contributed by atoms with E-state index >= 15 is 0 Å². The highest BCUT2D eigenvalue weighted by molar-refractivity contribution is 7.89. The fourth-order valence-corrected chi connectivity index (χ4v) is 2.62. The molecule has 0 atom stereocenters. The maximum absolute atomic E-state index is 11.3. The second-order valence-corrected chi connectivity index (χ2v) is 4.86. The van der Waals surface area contributed by atoms with Gasteiger partial charge in [0.2, 0.25) is 10.0 Å². The molecule has 0 unspecified atom stereocenters. The molecule has 0 amide bonds. The fourth-order valence-electron chi connectivity index (χ4n) is 1.61. The van der Waals surface area contributed by atoms with Crippen molar-refractivity contribution < 1.29 is 13.2 Å². The molecule has 0 radical (unpaired) electrons. The van der Waals surface area contributed by atoms with Gasteiger partial charge in [0.05, 0.1) is 11.5 Å². The third-order valence-corrected chi connectivity index (χ3v) is 3.24. The number of aryl methyl sites for hydroxylation is 2. The average Bonchev–Trinajstić information content (AvgIpc) is 1.99. The second kappa shape index (κ2) is 4.20. The number of hydrogen-bond donors (Lipinski definition) is 1. The van der Waals surface area contributed by atoms with E-state index in [9.17, 15) is 8.42 Å². The molecule has 0 bridgehead atoms. The first kappa shape index (κ1) is 12.0. The van der Waals surface area contributed by atoms with Gasteiger partial charge in [-0.1, -0.05) is 0 Å². The summed E-state index contributed by atoms with van der Waals surface area (Å²) in [4.78, 5) is 0.186. The molecule has 5 heteroatoms.